The van der Waals surface area contributed by atoms with E-state index < -0.39 is 7.82 Å². The van der Waals surface area contributed by atoms with Gasteiger partial charge in [-0.05, 0) is 12.1 Å². The third-order valence-corrected chi connectivity index (χ3v) is 3.00. The lowest BCUT2D eigenvalue weighted by Gasteiger charge is -2.13. The molecule has 1 unspecified atom stereocenters. The molecule has 1 rings (SSSR count). The van der Waals surface area contributed by atoms with Crippen molar-refractivity contribution in [3.8, 4) is 5.75 Å². The largest absolute Gasteiger partial charge is 0.527 e. The molecule has 0 spiro atoms. The third kappa shape index (κ3) is 8.27. The summed E-state index contributed by atoms with van der Waals surface area (Å²) in [5.74, 6) is 0.261. The summed E-state index contributed by atoms with van der Waals surface area (Å²) in [7, 11) is -4.12. The molecule has 0 radical (unpaired) electrons. The topological polar surface area (TPSA) is 94.5 Å². The Labute approximate surface area is 117 Å². The van der Waals surface area contributed by atoms with Gasteiger partial charge in [0.15, 0.2) is 0 Å². The predicted molar refractivity (Wildman–Crippen MR) is 71.6 cm³/mol. The maximum atomic E-state index is 11.6. The number of aliphatic hydroxyl groups excluding tert-OH is 1. The first-order valence-corrected chi connectivity index (χ1v) is 7.62. The van der Waals surface area contributed by atoms with E-state index in [1.807, 2.05) is 0 Å². The Morgan fingerprint density at radius 1 is 0.950 bits per heavy atom. The van der Waals surface area contributed by atoms with Crippen molar-refractivity contribution in [2.24, 2.45) is 0 Å². The maximum Gasteiger partial charge on any atom is 0.527 e. The minimum absolute atomic E-state index is 0.0341. The molecule has 1 aromatic rings. The number of ether oxygens (including phenoxy) is 2. The van der Waals surface area contributed by atoms with Gasteiger partial charge in [0.25, 0.3) is 0 Å². The molecule has 20 heavy (non-hydrogen) atoms. The van der Waals surface area contributed by atoms with Crippen LogP contribution in [0.25, 0.3) is 0 Å². The molecule has 0 fully saturated rings. The zero-order chi connectivity index (χ0) is 14.7. The first-order valence-electron chi connectivity index (χ1n) is 6.12. The van der Waals surface area contributed by atoms with Crippen molar-refractivity contribution in [1.82, 2.24) is 0 Å². The Bertz CT molecular complexity index is 398. The van der Waals surface area contributed by atoms with Crippen molar-refractivity contribution in [1.29, 1.82) is 0 Å². The molecule has 7 nitrogen and oxygen atoms in total. The minimum Gasteiger partial charge on any atom is -0.404 e. The average molecular weight is 306 g/mol. The second-order valence-corrected chi connectivity index (χ2v) is 5.03. The van der Waals surface area contributed by atoms with E-state index in [4.69, 9.17) is 23.6 Å². The summed E-state index contributed by atoms with van der Waals surface area (Å²) < 4.78 is 31.2. The molecule has 0 bridgehead atoms. The van der Waals surface area contributed by atoms with Crippen molar-refractivity contribution in [3.05, 3.63) is 30.3 Å². The smallest absolute Gasteiger partial charge is 0.404 e. The van der Waals surface area contributed by atoms with E-state index >= 15 is 0 Å². The molecule has 1 aromatic carbocycles. The number of phosphoric ester groups is 1. The van der Waals surface area contributed by atoms with Gasteiger partial charge in [0.05, 0.1) is 39.6 Å². The monoisotopic (exact) mass is 306 g/mol. The van der Waals surface area contributed by atoms with Crippen molar-refractivity contribution in [2.45, 2.75) is 0 Å². The third-order valence-electron chi connectivity index (χ3n) is 2.05. The van der Waals surface area contributed by atoms with Crippen LogP contribution in [0.3, 0.4) is 0 Å². The number of benzene rings is 1. The highest BCUT2D eigenvalue weighted by molar-refractivity contribution is 7.47. The van der Waals surface area contributed by atoms with Gasteiger partial charge in [0.1, 0.15) is 5.75 Å². The number of phosphoric acid groups is 1. The lowest BCUT2D eigenvalue weighted by molar-refractivity contribution is 0.0220. The molecule has 0 aliphatic carbocycles. The van der Waals surface area contributed by atoms with Crippen LogP contribution in [0.15, 0.2) is 30.3 Å². The lowest BCUT2D eigenvalue weighted by Crippen LogP contribution is -2.11. The van der Waals surface area contributed by atoms with Crippen molar-refractivity contribution < 1.29 is 33.1 Å². The van der Waals surface area contributed by atoms with E-state index in [9.17, 15) is 9.46 Å². The fourth-order valence-corrected chi connectivity index (χ4v) is 1.99. The zero-order valence-electron chi connectivity index (χ0n) is 11.0. The predicted octanol–water partition coefficient (Wildman–Crippen LogP) is 1.21. The molecule has 0 aliphatic heterocycles. The van der Waals surface area contributed by atoms with Gasteiger partial charge in [-0.25, -0.2) is 4.57 Å². The summed E-state index contributed by atoms with van der Waals surface area (Å²) in [4.78, 5) is 9.44. The fraction of sp³-hybridized carbons (Fsp3) is 0.500. The lowest BCUT2D eigenvalue weighted by atomic mass is 10.3. The summed E-state index contributed by atoms with van der Waals surface area (Å²) in [5, 5.41) is 8.46. The molecule has 0 saturated carbocycles. The first kappa shape index (κ1) is 17.1. The molecule has 0 heterocycles. The normalized spacial score (nSPS) is 13.9. The van der Waals surface area contributed by atoms with E-state index in [-0.39, 0.29) is 32.2 Å². The number of aliphatic hydroxyl groups is 1. The Balaban J connectivity index is 2.09. The summed E-state index contributed by atoms with van der Waals surface area (Å²) in [5.41, 5.74) is 0. The van der Waals surface area contributed by atoms with Crippen molar-refractivity contribution >= 4 is 7.82 Å². The number of hydrogen-bond donors (Lipinski definition) is 2. The molecule has 0 aliphatic rings. The summed E-state index contributed by atoms with van der Waals surface area (Å²) in [6.45, 7) is 0.965. The summed E-state index contributed by atoms with van der Waals surface area (Å²) in [6.07, 6.45) is 0. The molecule has 8 heteroatoms. The van der Waals surface area contributed by atoms with Gasteiger partial charge < -0.3 is 19.1 Å². The van der Waals surface area contributed by atoms with Crippen molar-refractivity contribution in [3.63, 3.8) is 0 Å². The number of para-hydroxylation sites is 1. The van der Waals surface area contributed by atoms with Gasteiger partial charge in [-0.1, -0.05) is 18.2 Å². The molecular weight excluding hydrogens is 287 g/mol. The molecule has 0 saturated heterocycles. The van der Waals surface area contributed by atoms with Crippen LogP contribution in [0.2, 0.25) is 0 Å². The Morgan fingerprint density at radius 2 is 1.55 bits per heavy atom. The molecule has 0 amide bonds. The van der Waals surface area contributed by atoms with Crippen LogP contribution in [0.1, 0.15) is 0 Å². The van der Waals surface area contributed by atoms with E-state index in [1.165, 1.54) is 0 Å². The van der Waals surface area contributed by atoms with Crippen LogP contribution < -0.4 is 4.52 Å². The summed E-state index contributed by atoms with van der Waals surface area (Å²) in [6, 6.07) is 8.25. The molecule has 0 aromatic heterocycles. The van der Waals surface area contributed by atoms with Crippen LogP contribution in [-0.2, 0) is 18.6 Å². The minimum atomic E-state index is -4.12. The standard InChI is InChI=1S/C12H19O7P/c13-6-7-16-8-9-17-10-11-18-20(14,15)19-12-4-2-1-3-5-12/h1-5,13H,6-11H2,(H,14,15). The highest BCUT2D eigenvalue weighted by atomic mass is 31.2. The van der Waals surface area contributed by atoms with E-state index in [2.05, 4.69) is 0 Å². The highest BCUT2D eigenvalue weighted by Crippen LogP contribution is 2.43. The Kier molecular flexibility index (Phi) is 8.45. The second-order valence-electron chi connectivity index (χ2n) is 3.65. The van der Waals surface area contributed by atoms with Crippen LogP contribution in [0.5, 0.6) is 5.75 Å². The SMILES string of the molecule is O=P(O)(OCCOCCOCCO)Oc1ccccc1. The van der Waals surface area contributed by atoms with Gasteiger partial charge in [0, 0.05) is 0 Å². The maximum absolute atomic E-state index is 11.6. The van der Waals surface area contributed by atoms with E-state index in [0.29, 0.717) is 13.2 Å². The van der Waals surface area contributed by atoms with Crippen molar-refractivity contribution in [2.75, 3.05) is 39.6 Å². The van der Waals surface area contributed by atoms with Crippen LogP contribution in [-0.4, -0.2) is 49.6 Å². The van der Waals surface area contributed by atoms with E-state index in [0.717, 1.165) is 0 Å². The van der Waals surface area contributed by atoms with Crippen LogP contribution in [0.4, 0.5) is 0 Å². The summed E-state index contributed by atoms with van der Waals surface area (Å²) >= 11 is 0. The highest BCUT2D eigenvalue weighted by Gasteiger charge is 2.22. The second kappa shape index (κ2) is 9.88. The van der Waals surface area contributed by atoms with Gasteiger partial charge in [-0.3, -0.25) is 9.42 Å². The molecule has 114 valence electrons. The first-order chi connectivity index (χ1) is 9.64. The number of rotatable bonds is 11. The van der Waals surface area contributed by atoms with Crippen LogP contribution in [0, 0.1) is 0 Å². The molecule has 2 N–H and O–H groups in total. The van der Waals surface area contributed by atoms with Gasteiger partial charge in [-0.2, -0.15) is 0 Å². The number of hydrogen-bond acceptors (Lipinski definition) is 6. The van der Waals surface area contributed by atoms with E-state index in [1.54, 1.807) is 30.3 Å². The van der Waals surface area contributed by atoms with Crippen LogP contribution >= 0.6 is 7.82 Å². The van der Waals surface area contributed by atoms with Gasteiger partial charge in [-0.15, -0.1) is 0 Å². The average Bonchev–Trinajstić information content (AvgIpc) is 2.42. The Hall–Kier alpha value is -0.950. The Morgan fingerprint density at radius 3 is 2.20 bits per heavy atom. The molecular formula is C12H19O7P. The molecule has 1 atom stereocenters. The zero-order valence-corrected chi connectivity index (χ0v) is 11.9. The van der Waals surface area contributed by atoms with Gasteiger partial charge >= 0.3 is 7.82 Å². The quantitative estimate of drug-likeness (QED) is 0.468. The fourth-order valence-electron chi connectivity index (χ4n) is 1.24. The van der Waals surface area contributed by atoms with Gasteiger partial charge in [0.2, 0.25) is 0 Å².